The minimum absolute atomic E-state index is 0.0812. The molecule has 19 heavy (non-hydrogen) atoms. The van der Waals surface area contributed by atoms with E-state index in [1.807, 2.05) is 25.3 Å². The summed E-state index contributed by atoms with van der Waals surface area (Å²) < 4.78 is 1.70. The standard InChI is InChI=1S/C14H16N4O/c1-11-2-3-12(7-15)6-14(11)16-8-13-9-17-18(10-13)4-5-19/h2-3,6,9-10,16,19H,4-5,8H2,1H3. The molecule has 2 aromatic rings. The number of hydrogen-bond acceptors (Lipinski definition) is 4. The minimum Gasteiger partial charge on any atom is -0.394 e. The van der Waals surface area contributed by atoms with Crippen LogP contribution in [0.4, 0.5) is 5.69 Å². The van der Waals surface area contributed by atoms with Crippen LogP contribution in [-0.4, -0.2) is 21.5 Å². The zero-order chi connectivity index (χ0) is 13.7. The molecule has 98 valence electrons. The molecule has 1 aromatic carbocycles. The van der Waals surface area contributed by atoms with Crippen molar-refractivity contribution in [2.75, 3.05) is 11.9 Å². The maximum Gasteiger partial charge on any atom is 0.0992 e. The van der Waals surface area contributed by atoms with E-state index in [9.17, 15) is 0 Å². The number of rotatable bonds is 5. The number of hydrogen-bond donors (Lipinski definition) is 2. The number of nitrogens with zero attached hydrogens (tertiary/aromatic N) is 3. The monoisotopic (exact) mass is 256 g/mol. The molecule has 0 fully saturated rings. The molecule has 0 bridgehead atoms. The van der Waals surface area contributed by atoms with Crippen molar-refractivity contribution >= 4 is 5.69 Å². The van der Waals surface area contributed by atoms with Gasteiger partial charge in [0.05, 0.1) is 31.0 Å². The Balaban J connectivity index is 2.03. The third-order valence-corrected chi connectivity index (χ3v) is 2.87. The summed E-state index contributed by atoms with van der Waals surface area (Å²) in [5.74, 6) is 0. The van der Waals surface area contributed by atoms with Crippen LogP contribution in [0.5, 0.6) is 0 Å². The lowest BCUT2D eigenvalue weighted by molar-refractivity contribution is 0.269. The topological polar surface area (TPSA) is 73.9 Å². The molecule has 0 radical (unpaired) electrons. The Hall–Kier alpha value is -2.32. The first kappa shape index (κ1) is 13.1. The van der Waals surface area contributed by atoms with Crippen LogP contribution in [0.1, 0.15) is 16.7 Å². The van der Waals surface area contributed by atoms with Gasteiger partial charge in [-0.15, -0.1) is 0 Å². The van der Waals surface area contributed by atoms with Gasteiger partial charge in [-0.25, -0.2) is 0 Å². The number of benzene rings is 1. The third-order valence-electron chi connectivity index (χ3n) is 2.87. The smallest absolute Gasteiger partial charge is 0.0992 e. The minimum atomic E-state index is 0.0812. The van der Waals surface area contributed by atoms with Crippen molar-refractivity contribution in [3.8, 4) is 6.07 Å². The molecule has 0 saturated heterocycles. The average molecular weight is 256 g/mol. The summed E-state index contributed by atoms with van der Waals surface area (Å²) in [6.07, 6.45) is 3.67. The number of anilines is 1. The van der Waals surface area contributed by atoms with Gasteiger partial charge < -0.3 is 10.4 Å². The predicted molar refractivity (Wildman–Crippen MR) is 72.5 cm³/mol. The second-order valence-corrected chi connectivity index (χ2v) is 4.33. The molecule has 1 aromatic heterocycles. The Bertz CT molecular complexity index is 598. The van der Waals surface area contributed by atoms with Crippen molar-refractivity contribution in [2.24, 2.45) is 0 Å². The second kappa shape index (κ2) is 6.03. The van der Waals surface area contributed by atoms with E-state index >= 15 is 0 Å². The van der Waals surface area contributed by atoms with Crippen LogP contribution in [0.3, 0.4) is 0 Å². The van der Waals surface area contributed by atoms with E-state index in [0.717, 1.165) is 16.8 Å². The van der Waals surface area contributed by atoms with Crippen LogP contribution in [0.15, 0.2) is 30.6 Å². The highest BCUT2D eigenvalue weighted by atomic mass is 16.3. The van der Waals surface area contributed by atoms with E-state index in [1.165, 1.54) is 0 Å². The van der Waals surface area contributed by atoms with Gasteiger partial charge in [0.25, 0.3) is 0 Å². The van der Waals surface area contributed by atoms with E-state index in [1.54, 1.807) is 16.9 Å². The fourth-order valence-electron chi connectivity index (χ4n) is 1.80. The molecule has 1 heterocycles. The zero-order valence-corrected chi connectivity index (χ0v) is 10.8. The van der Waals surface area contributed by atoms with E-state index in [0.29, 0.717) is 18.7 Å². The summed E-state index contributed by atoms with van der Waals surface area (Å²) >= 11 is 0. The number of nitrogens with one attached hydrogen (secondary N) is 1. The normalized spacial score (nSPS) is 10.2. The highest BCUT2D eigenvalue weighted by Gasteiger charge is 2.02. The first-order valence-electron chi connectivity index (χ1n) is 6.09. The number of aliphatic hydroxyl groups is 1. The zero-order valence-electron chi connectivity index (χ0n) is 10.8. The SMILES string of the molecule is Cc1ccc(C#N)cc1NCc1cnn(CCO)c1. The molecule has 0 amide bonds. The summed E-state index contributed by atoms with van der Waals surface area (Å²) in [5.41, 5.74) is 3.73. The predicted octanol–water partition coefficient (Wildman–Crippen LogP) is 1.67. The lowest BCUT2D eigenvalue weighted by Gasteiger charge is -2.08. The Kier molecular flexibility index (Phi) is 4.16. The summed E-state index contributed by atoms with van der Waals surface area (Å²) in [5, 5.41) is 25.1. The first-order chi connectivity index (χ1) is 9.22. The summed E-state index contributed by atoms with van der Waals surface area (Å²) in [4.78, 5) is 0. The maximum absolute atomic E-state index is 8.89. The van der Waals surface area contributed by atoms with Gasteiger partial charge in [-0.3, -0.25) is 4.68 Å². The van der Waals surface area contributed by atoms with Crippen molar-refractivity contribution < 1.29 is 5.11 Å². The van der Waals surface area contributed by atoms with Crippen molar-refractivity contribution in [2.45, 2.75) is 20.0 Å². The Morgan fingerprint density at radius 1 is 1.47 bits per heavy atom. The average Bonchev–Trinajstić information content (AvgIpc) is 2.86. The van der Waals surface area contributed by atoms with Crippen LogP contribution in [-0.2, 0) is 13.1 Å². The molecule has 0 unspecified atom stereocenters. The molecule has 0 aliphatic rings. The maximum atomic E-state index is 8.89. The molecule has 0 atom stereocenters. The Labute approximate surface area is 112 Å². The lowest BCUT2D eigenvalue weighted by atomic mass is 10.1. The highest BCUT2D eigenvalue weighted by molar-refractivity contribution is 5.55. The molecule has 0 spiro atoms. The lowest BCUT2D eigenvalue weighted by Crippen LogP contribution is -2.03. The summed E-state index contributed by atoms with van der Waals surface area (Å²) in [7, 11) is 0. The molecule has 2 N–H and O–H groups in total. The number of nitriles is 1. The third kappa shape index (κ3) is 3.33. The molecule has 0 aliphatic carbocycles. The number of aryl methyl sites for hydroxylation is 1. The Morgan fingerprint density at radius 2 is 2.32 bits per heavy atom. The Morgan fingerprint density at radius 3 is 3.05 bits per heavy atom. The number of aliphatic hydroxyl groups excluding tert-OH is 1. The summed E-state index contributed by atoms with van der Waals surface area (Å²) in [6.45, 7) is 3.22. The highest BCUT2D eigenvalue weighted by Crippen LogP contribution is 2.17. The molecular weight excluding hydrogens is 240 g/mol. The van der Waals surface area contributed by atoms with Gasteiger partial charge in [0, 0.05) is 24.0 Å². The van der Waals surface area contributed by atoms with Crippen LogP contribution in [0.25, 0.3) is 0 Å². The van der Waals surface area contributed by atoms with Crippen LogP contribution in [0.2, 0.25) is 0 Å². The fraction of sp³-hybridized carbons (Fsp3) is 0.286. The van der Waals surface area contributed by atoms with Gasteiger partial charge in [-0.05, 0) is 24.6 Å². The molecule has 0 aliphatic heterocycles. The molecule has 2 rings (SSSR count). The van der Waals surface area contributed by atoms with Crippen molar-refractivity contribution in [1.82, 2.24) is 9.78 Å². The van der Waals surface area contributed by atoms with Gasteiger partial charge in [-0.1, -0.05) is 6.07 Å². The van der Waals surface area contributed by atoms with Gasteiger partial charge in [0.15, 0.2) is 0 Å². The first-order valence-corrected chi connectivity index (χ1v) is 6.09. The second-order valence-electron chi connectivity index (χ2n) is 4.33. The van der Waals surface area contributed by atoms with Gasteiger partial charge in [0.1, 0.15) is 0 Å². The van der Waals surface area contributed by atoms with E-state index in [2.05, 4.69) is 16.5 Å². The molecular formula is C14H16N4O. The van der Waals surface area contributed by atoms with Crippen molar-refractivity contribution in [1.29, 1.82) is 5.26 Å². The number of aromatic nitrogens is 2. The molecule has 5 nitrogen and oxygen atoms in total. The molecule has 5 heteroatoms. The van der Waals surface area contributed by atoms with Crippen molar-refractivity contribution in [3.05, 3.63) is 47.3 Å². The van der Waals surface area contributed by atoms with E-state index in [-0.39, 0.29) is 6.61 Å². The van der Waals surface area contributed by atoms with Gasteiger partial charge in [0.2, 0.25) is 0 Å². The van der Waals surface area contributed by atoms with Crippen LogP contribution < -0.4 is 5.32 Å². The molecule has 0 saturated carbocycles. The largest absolute Gasteiger partial charge is 0.394 e. The van der Waals surface area contributed by atoms with Gasteiger partial charge in [-0.2, -0.15) is 10.4 Å². The van der Waals surface area contributed by atoms with Crippen molar-refractivity contribution in [3.63, 3.8) is 0 Å². The van der Waals surface area contributed by atoms with Crippen LogP contribution >= 0.6 is 0 Å². The van der Waals surface area contributed by atoms with Crippen LogP contribution in [0, 0.1) is 18.3 Å². The summed E-state index contributed by atoms with van der Waals surface area (Å²) in [6, 6.07) is 7.70. The van der Waals surface area contributed by atoms with E-state index < -0.39 is 0 Å². The fourth-order valence-corrected chi connectivity index (χ4v) is 1.80. The van der Waals surface area contributed by atoms with E-state index in [4.69, 9.17) is 10.4 Å². The van der Waals surface area contributed by atoms with Gasteiger partial charge >= 0.3 is 0 Å². The quantitative estimate of drug-likeness (QED) is 0.853.